The number of benzene rings is 2. The molecule has 0 aliphatic carbocycles. The Labute approximate surface area is 134 Å². The number of hydrogen-bond acceptors (Lipinski definition) is 1. The van der Waals surface area contributed by atoms with Crippen molar-refractivity contribution in [2.75, 3.05) is 6.54 Å². The van der Waals surface area contributed by atoms with Gasteiger partial charge in [-0.2, -0.15) is 0 Å². The van der Waals surface area contributed by atoms with E-state index < -0.39 is 0 Å². The maximum Gasteiger partial charge on any atom is 0.129 e. The number of rotatable bonds is 5. The summed E-state index contributed by atoms with van der Waals surface area (Å²) >= 11 is 3.46. The van der Waals surface area contributed by atoms with Crippen LogP contribution < -0.4 is 5.32 Å². The topological polar surface area (TPSA) is 12.0 Å². The Hall–Kier alpha value is -1.19. The Morgan fingerprint density at radius 1 is 1.10 bits per heavy atom. The molecule has 0 aliphatic rings. The molecule has 0 aromatic heterocycles. The standard InChI is InChI=1S/C18H21BrFN/c1-4-21-17(11-14-5-7-16(19)8-6-14)15-9-12(2)18(20)13(3)10-15/h5-10,17,21H,4,11H2,1-3H3. The van der Waals surface area contributed by atoms with Crippen molar-refractivity contribution in [3.63, 3.8) is 0 Å². The second-order valence-corrected chi connectivity index (χ2v) is 6.33. The second-order valence-electron chi connectivity index (χ2n) is 5.41. The van der Waals surface area contributed by atoms with E-state index >= 15 is 0 Å². The van der Waals surface area contributed by atoms with Crippen LogP contribution in [-0.2, 0) is 6.42 Å². The summed E-state index contributed by atoms with van der Waals surface area (Å²) in [5, 5.41) is 3.50. The van der Waals surface area contributed by atoms with E-state index in [1.54, 1.807) is 0 Å². The van der Waals surface area contributed by atoms with Crippen LogP contribution in [0.3, 0.4) is 0 Å². The van der Waals surface area contributed by atoms with E-state index in [0.717, 1.165) is 23.0 Å². The SMILES string of the molecule is CCNC(Cc1ccc(Br)cc1)c1cc(C)c(F)c(C)c1. The Morgan fingerprint density at radius 2 is 1.67 bits per heavy atom. The average molecular weight is 350 g/mol. The fourth-order valence-corrected chi connectivity index (χ4v) is 2.86. The van der Waals surface area contributed by atoms with Gasteiger partial charge in [-0.3, -0.25) is 0 Å². The summed E-state index contributed by atoms with van der Waals surface area (Å²) in [4.78, 5) is 0. The van der Waals surface area contributed by atoms with Crippen molar-refractivity contribution >= 4 is 15.9 Å². The Morgan fingerprint density at radius 3 is 2.19 bits per heavy atom. The van der Waals surface area contributed by atoms with E-state index in [4.69, 9.17) is 0 Å². The molecule has 0 saturated heterocycles. The van der Waals surface area contributed by atoms with Crippen LogP contribution in [0.25, 0.3) is 0 Å². The minimum atomic E-state index is -0.0994. The summed E-state index contributed by atoms with van der Waals surface area (Å²) in [6.45, 7) is 6.64. The van der Waals surface area contributed by atoms with Crippen LogP contribution in [0.5, 0.6) is 0 Å². The van der Waals surface area contributed by atoms with Crippen LogP contribution in [0.4, 0.5) is 4.39 Å². The van der Waals surface area contributed by atoms with Gasteiger partial charge in [0.15, 0.2) is 0 Å². The summed E-state index contributed by atoms with van der Waals surface area (Å²) in [7, 11) is 0. The van der Waals surface area contributed by atoms with Gasteiger partial charge in [-0.25, -0.2) is 4.39 Å². The van der Waals surface area contributed by atoms with Crippen LogP contribution in [0, 0.1) is 19.7 Å². The first-order valence-corrected chi connectivity index (χ1v) is 8.05. The molecule has 0 bridgehead atoms. The Kier molecular flexibility index (Phi) is 5.54. The maximum atomic E-state index is 13.8. The average Bonchev–Trinajstić information content (AvgIpc) is 2.46. The van der Waals surface area contributed by atoms with E-state index in [2.05, 4.69) is 52.4 Å². The third-order valence-electron chi connectivity index (χ3n) is 3.66. The lowest BCUT2D eigenvalue weighted by atomic mass is 9.95. The van der Waals surface area contributed by atoms with Gasteiger partial charge in [0.05, 0.1) is 0 Å². The fraction of sp³-hybridized carbons (Fsp3) is 0.333. The summed E-state index contributed by atoms with van der Waals surface area (Å²) in [6, 6.07) is 12.5. The first kappa shape index (κ1) is 16.2. The molecule has 1 N–H and O–H groups in total. The molecular weight excluding hydrogens is 329 g/mol. The summed E-state index contributed by atoms with van der Waals surface area (Å²) in [6.07, 6.45) is 0.894. The zero-order chi connectivity index (χ0) is 15.4. The molecule has 2 rings (SSSR count). The van der Waals surface area contributed by atoms with Crippen molar-refractivity contribution in [3.8, 4) is 0 Å². The van der Waals surface area contributed by atoms with Crippen LogP contribution in [0.15, 0.2) is 40.9 Å². The molecule has 2 aromatic carbocycles. The number of aryl methyl sites for hydroxylation is 2. The van der Waals surface area contributed by atoms with Crippen molar-refractivity contribution in [3.05, 3.63) is 68.9 Å². The number of hydrogen-bond donors (Lipinski definition) is 1. The normalized spacial score (nSPS) is 12.4. The van der Waals surface area contributed by atoms with Crippen LogP contribution >= 0.6 is 15.9 Å². The van der Waals surface area contributed by atoms with Crippen molar-refractivity contribution in [2.24, 2.45) is 0 Å². The minimum absolute atomic E-state index is 0.0994. The number of likely N-dealkylation sites (N-methyl/N-ethyl adjacent to an activating group) is 1. The molecule has 2 aromatic rings. The number of nitrogens with one attached hydrogen (secondary N) is 1. The van der Waals surface area contributed by atoms with Crippen molar-refractivity contribution in [2.45, 2.75) is 33.2 Å². The smallest absolute Gasteiger partial charge is 0.129 e. The third-order valence-corrected chi connectivity index (χ3v) is 4.19. The van der Waals surface area contributed by atoms with Crippen molar-refractivity contribution < 1.29 is 4.39 Å². The first-order chi connectivity index (χ1) is 10.0. The van der Waals surface area contributed by atoms with E-state index in [0.29, 0.717) is 11.1 Å². The van der Waals surface area contributed by atoms with E-state index in [1.807, 2.05) is 26.0 Å². The van der Waals surface area contributed by atoms with Crippen LogP contribution in [-0.4, -0.2) is 6.54 Å². The molecule has 1 unspecified atom stereocenters. The second kappa shape index (κ2) is 7.19. The predicted molar refractivity (Wildman–Crippen MR) is 90.1 cm³/mol. The predicted octanol–water partition coefficient (Wildman–Crippen LogP) is 5.10. The summed E-state index contributed by atoms with van der Waals surface area (Å²) in [5.74, 6) is -0.0994. The minimum Gasteiger partial charge on any atom is -0.310 e. The maximum absolute atomic E-state index is 13.8. The van der Waals surface area contributed by atoms with Gasteiger partial charge in [-0.1, -0.05) is 47.1 Å². The molecule has 0 heterocycles. The summed E-state index contributed by atoms with van der Waals surface area (Å²) in [5.41, 5.74) is 3.84. The van der Waals surface area contributed by atoms with E-state index in [-0.39, 0.29) is 11.9 Å². The monoisotopic (exact) mass is 349 g/mol. The molecule has 3 heteroatoms. The molecule has 0 spiro atoms. The largest absolute Gasteiger partial charge is 0.310 e. The highest BCUT2D eigenvalue weighted by molar-refractivity contribution is 9.10. The zero-order valence-electron chi connectivity index (χ0n) is 12.7. The zero-order valence-corrected chi connectivity index (χ0v) is 14.3. The van der Waals surface area contributed by atoms with Crippen molar-refractivity contribution in [1.29, 1.82) is 0 Å². The molecule has 0 saturated carbocycles. The Bertz CT molecular complexity index is 584. The highest BCUT2D eigenvalue weighted by Gasteiger charge is 2.14. The first-order valence-electron chi connectivity index (χ1n) is 7.25. The lowest BCUT2D eigenvalue weighted by Gasteiger charge is -2.20. The third kappa shape index (κ3) is 4.14. The molecular formula is C18H21BrFN. The lowest BCUT2D eigenvalue weighted by molar-refractivity contribution is 0.545. The molecule has 0 radical (unpaired) electrons. The van der Waals surface area contributed by atoms with Gasteiger partial charge in [-0.15, -0.1) is 0 Å². The van der Waals surface area contributed by atoms with E-state index in [1.165, 1.54) is 5.56 Å². The quantitative estimate of drug-likeness (QED) is 0.791. The van der Waals surface area contributed by atoms with Gasteiger partial charge < -0.3 is 5.32 Å². The van der Waals surface area contributed by atoms with Gasteiger partial charge >= 0.3 is 0 Å². The molecule has 0 amide bonds. The molecule has 1 atom stereocenters. The van der Waals surface area contributed by atoms with Gasteiger partial charge in [0.1, 0.15) is 5.82 Å². The molecule has 0 aliphatic heterocycles. The number of halogens is 2. The van der Waals surface area contributed by atoms with Gasteiger partial charge in [0.2, 0.25) is 0 Å². The molecule has 1 nitrogen and oxygen atoms in total. The molecule has 21 heavy (non-hydrogen) atoms. The summed E-state index contributed by atoms with van der Waals surface area (Å²) < 4.78 is 14.9. The highest BCUT2D eigenvalue weighted by Crippen LogP contribution is 2.24. The lowest BCUT2D eigenvalue weighted by Crippen LogP contribution is -2.23. The van der Waals surface area contributed by atoms with Crippen LogP contribution in [0.2, 0.25) is 0 Å². The fourth-order valence-electron chi connectivity index (χ4n) is 2.59. The molecule has 0 fully saturated rings. The van der Waals surface area contributed by atoms with Gasteiger partial charge in [0, 0.05) is 10.5 Å². The van der Waals surface area contributed by atoms with Crippen molar-refractivity contribution in [1.82, 2.24) is 5.32 Å². The highest BCUT2D eigenvalue weighted by atomic mass is 79.9. The van der Waals surface area contributed by atoms with E-state index in [9.17, 15) is 4.39 Å². The van der Waals surface area contributed by atoms with Gasteiger partial charge in [0.25, 0.3) is 0 Å². The Balaban J connectivity index is 2.28. The van der Waals surface area contributed by atoms with Crippen LogP contribution in [0.1, 0.15) is 35.2 Å². The van der Waals surface area contributed by atoms with Gasteiger partial charge in [-0.05, 0) is 61.2 Å². The molecule has 112 valence electrons.